The Morgan fingerprint density at radius 2 is 0.824 bits per heavy atom. The highest BCUT2D eigenvalue weighted by Gasteiger charge is 2.13. The van der Waals surface area contributed by atoms with E-state index in [1.807, 2.05) is 0 Å². The first-order valence-corrected chi connectivity index (χ1v) is 6.86. The summed E-state index contributed by atoms with van der Waals surface area (Å²) in [4.78, 5) is 0. The predicted molar refractivity (Wildman–Crippen MR) is 73.3 cm³/mol. The molecule has 0 amide bonds. The van der Waals surface area contributed by atoms with E-state index >= 15 is 0 Å². The molecule has 0 spiro atoms. The Kier molecular flexibility index (Phi) is 7.72. The second-order valence-electron chi connectivity index (χ2n) is 5.38. The molecule has 5 nitrogen and oxygen atoms in total. The molecule has 1 aliphatic rings. The van der Waals surface area contributed by atoms with Crippen molar-refractivity contribution in [2.24, 2.45) is 0 Å². The number of rotatable bonds is 0. The van der Waals surface area contributed by atoms with Crippen LogP contribution >= 0.6 is 0 Å². The molecule has 4 N–H and O–H groups in total. The van der Waals surface area contributed by atoms with Crippen LogP contribution in [-0.2, 0) is 0 Å². The molecule has 1 saturated heterocycles. The van der Waals surface area contributed by atoms with Crippen LogP contribution in [0.5, 0.6) is 0 Å². The molecule has 0 saturated carbocycles. The van der Waals surface area contributed by atoms with Gasteiger partial charge in [0.15, 0.2) is 0 Å². The van der Waals surface area contributed by atoms with E-state index in [-0.39, 0.29) is 0 Å². The molecule has 17 heavy (non-hydrogen) atoms. The molecular weight excluding hydrogens is 214 g/mol. The van der Waals surface area contributed by atoms with Gasteiger partial charge in [-0.2, -0.15) is 0 Å². The number of hydrogen-bond acceptors (Lipinski definition) is 4. The first-order chi connectivity index (χ1) is 8.21. The van der Waals surface area contributed by atoms with Gasteiger partial charge in [0.05, 0.1) is 27.2 Å². The van der Waals surface area contributed by atoms with Crippen LogP contribution in [0.4, 0.5) is 0 Å². The molecule has 1 fully saturated rings. The summed E-state index contributed by atoms with van der Waals surface area (Å²) in [6.07, 6.45) is 0. The molecule has 0 aromatic rings. The molecule has 102 valence electrons. The third kappa shape index (κ3) is 8.51. The first-order valence-electron chi connectivity index (χ1n) is 6.86. The zero-order valence-electron chi connectivity index (χ0n) is 11.5. The fourth-order valence-electron chi connectivity index (χ4n) is 1.91. The quantitative estimate of drug-likeness (QED) is 0.389. The lowest BCUT2D eigenvalue weighted by atomic mass is 10.4. The van der Waals surface area contributed by atoms with E-state index in [2.05, 4.69) is 35.4 Å². The van der Waals surface area contributed by atoms with Crippen molar-refractivity contribution in [3.8, 4) is 0 Å². The highest BCUT2D eigenvalue weighted by atomic mass is 15.3. The second-order valence-corrected chi connectivity index (χ2v) is 5.38. The molecule has 0 bridgehead atoms. The lowest BCUT2D eigenvalue weighted by molar-refractivity contribution is -0.888. The molecule has 0 unspecified atom stereocenters. The van der Waals surface area contributed by atoms with E-state index in [4.69, 9.17) is 0 Å². The van der Waals surface area contributed by atoms with Crippen molar-refractivity contribution in [1.29, 1.82) is 0 Å². The Morgan fingerprint density at radius 3 is 1.18 bits per heavy atom. The lowest BCUT2D eigenvalue weighted by Gasteiger charge is -2.30. The average Bonchev–Trinajstić information content (AvgIpc) is 2.29. The fourth-order valence-corrected chi connectivity index (χ4v) is 1.91. The molecule has 0 aromatic carbocycles. The number of hydrogen-bond donors (Lipinski definition) is 4. The van der Waals surface area contributed by atoms with Crippen molar-refractivity contribution < 1.29 is 4.48 Å². The van der Waals surface area contributed by atoms with Gasteiger partial charge in [0, 0.05) is 52.4 Å². The zero-order valence-corrected chi connectivity index (χ0v) is 11.5. The Hall–Kier alpha value is -0.200. The Balaban J connectivity index is 2.22. The van der Waals surface area contributed by atoms with Gasteiger partial charge < -0.3 is 25.8 Å². The summed E-state index contributed by atoms with van der Waals surface area (Å²) in [5.74, 6) is 0. The summed E-state index contributed by atoms with van der Waals surface area (Å²) in [6.45, 7) is 11.0. The lowest BCUT2D eigenvalue weighted by Crippen LogP contribution is -2.48. The third-order valence-electron chi connectivity index (χ3n) is 3.22. The highest BCUT2D eigenvalue weighted by Crippen LogP contribution is 1.93. The van der Waals surface area contributed by atoms with Gasteiger partial charge in [-0.15, -0.1) is 0 Å². The van der Waals surface area contributed by atoms with Crippen molar-refractivity contribution in [1.82, 2.24) is 21.3 Å². The maximum absolute atomic E-state index is 3.49. The predicted octanol–water partition coefficient (Wildman–Crippen LogP) is -1.57. The standard InChI is InChI=1S/C12H30N5/c1-17(2)11-9-15-7-5-13-3-4-14-6-8-16-10-12-17/h13-16H,3-12H2,1-2H3/q+1. The molecule has 0 radical (unpaired) electrons. The number of quaternary nitrogens is 1. The molecule has 1 heterocycles. The minimum Gasteiger partial charge on any atom is -0.326 e. The summed E-state index contributed by atoms with van der Waals surface area (Å²) in [7, 11) is 4.61. The minimum atomic E-state index is 1.06. The maximum Gasteiger partial charge on any atom is 0.0909 e. The van der Waals surface area contributed by atoms with Crippen molar-refractivity contribution in [3.63, 3.8) is 0 Å². The van der Waals surface area contributed by atoms with Crippen LogP contribution in [0.15, 0.2) is 0 Å². The van der Waals surface area contributed by atoms with Gasteiger partial charge in [-0.05, 0) is 0 Å². The van der Waals surface area contributed by atoms with Gasteiger partial charge in [-0.3, -0.25) is 0 Å². The van der Waals surface area contributed by atoms with Crippen molar-refractivity contribution in [2.75, 3.05) is 79.5 Å². The van der Waals surface area contributed by atoms with Gasteiger partial charge in [0.25, 0.3) is 0 Å². The van der Waals surface area contributed by atoms with Crippen LogP contribution in [0.2, 0.25) is 0 Å². The van der Waals surface area contributed by atoms with E-state index < -0.39 is 0 Å². The van der Waals surface area contributed by atoms with Crippen molar-refractivity contribution in [3.05, 3.63) is 0 Å². The van der Waals surface area contributed by atoms with Crippen molar-refractivity contribution >= 4 is 0 Å². The summed E-state index contributed by atoms with van der Waals surface area (Å²) in [5.41, 5.74) is 0. The molecule has 0 aliphatic carbocycles. The normalized spacial score (nSPS) is 25.8. The molecule has 5 heteroatoms. The van der Waals surface area contributed by atoms with E-state index in [0.717, 1.165) is 56.8 Å². The maximum atomic E-state index is 3.49. The first kappa shape index (κ1) is 14.9. The van der Waals surface area contributed by atoms with E-state index in [1.54, 1.807) is 0 Å². The summed E-state index contributed by atoms with van der Waals surface area (Å²) in [5, 5.41) is 13.8. The van der Waals surface area contributed by atoms with Gasteiger partial charge >= 0.3 is 0 Å². The van der Waals surface area contributed by atoms with E-state index in [0.29, 0.717) is 0 Å². The Bertz CT molecular complexity index is 166. The molecule has 0 atom stereocenters. The van der Waals surface area contributed by atoms with Crippen LogP contribution < -0.4 is 21.3 Å². The monoisotopic (exact) mass is 244 g/mol. The molecular formula is C12H30N5+. The molecule has 1 aliphatic heterocycles. The van der Waals surface area contributed by atoms with Crippen LogP contribution in [0.1, 0.15) is 0 Å². The Morgan fingerprint density at radius 1 is 0.529 bits per heavy atom. The fraction of sp³-hybridized carbons (Fsp3) is 1.00. The zero-order chi connectivity index (χ0) is 12.4. The third-order valence-corrected chi connectivity index (χ3v) is 3.22. The van der Waals surface area contributed by atoms with Gasteiger partial charge in [-0.25, -0.2) is 0 Å². The summed E-state index contributed by atoms with van der Waals surface area (Å²) in [6, 6.07) is 0. The van der Waals surface area contributed by atoms with Gasteiger partial charge in [0.1, 0.15) is 0 Å². The number of nitrogens with zero attached hydrogens (tertiary/aromatic N) is 1. The number of nitrogens with one attached hydrogen (secondary N) is 4. The van der Waals surface area contributed by atoms with Crippen molar-refractivity contribution in [2.45, 2.75) is 0 Å². The highest BCUT2D eigenvalue weighted by molar-refractivity contribution is 4.57. The number of likely N-dealkylation sites (N-methyl/N-ethyl adjacent to an activating group) is 1. The second kappa shape index (κ2) is 8.83. The molecule has 1 rings (SSSR count). The van der Waals surface area contributed by atoms with E-state index in [9.17, 15) is 0 Å². The minimum absolute atomic E-state index is 1.06. The topological polar surface area (TPSA) is 48.1 Å². The van der Waals surface area contributed by atoms with Crippen LogP contribution in [0, 0.1) is 0 Å². The largest absolute Gasteiger partial charge is 0.326 e. The van der Waals surface area contributed by atoms with E-state index in [1.165, 1.54) is 13.1 Å². The average molecular weight is 244 g/mol. The van der Waals surface area contributed by atoms with Crippen LogP contribution in [-0.4, -0.2) is 84.0 Å². The van der Waals surface area contributed by atoms with Gasteiger partial charge in [-0.1, -0.05) is 0 Å². The smallest absolute Gasteiger partial charge is 0.0909 e. The SMILES string of the molecule is C[N+]1(C)CCNCCNCCNCCNCC1. The van der Waals surface area contributed by atoms with Crippen LogP contribution in [0.3, 0.4) is 0 Å². The summed E-state index contributed by atoms with van der Waals surface area (Å²) >= 11 is 0. The molecule has 0 aromatic heterocycles. The Labute approximate surface area is 106 Å². The van der Waals surface area contributed by atoms with Gasteiger partial charge in [0.2, 0.25) is 0 Å². The van der Waals surface area contributed by atoms with Crippen LogP contribution in [0.25, 0.3) is 0 Å². The summed E-state index contributed by atoms with van der Waals surface area (Å²) < 4.78 is 1.08.